The van der Waals surface area contributed by atoms with Crippen molar-refractivity contribution in [3.05, 3.63) is 46.4 Å². The zero-order valence-electron chi connectivity index (χ0n) is 9.14. The van der Waals surface area contributed by atoms with Crippen LogP contribution in [-0.2, 0) is 13.1 Å². The first-order chi connectivity index (χ1) is 7.88. The summed E-state index contributed by atoms with van der Waals surface area (Å²) < 4.78 is 5.17. The molecule has 1 aromatic heterocycles. The highest BCUT2D eigenvalue weighted by atomic mass is 32.1. The minimum atomic E-state index is 0.814. The van der Waals surface area contributed by atoms with Crippen LogP contribution in [0.1, 0.15) is 10.6 Å². The Morgan fingerprint density at radius 1 is 1.38 bits per heavy atom. The summed E-state index contributed by atoms with van der Waals surface area (Å²) in [5.41, 5.74) is 1.22. The molecule has 0 amide bonds. The number of nitrogens with zero attached hydrogens (tertiary/aromatic N) is 1. The molecule has 2 aromatic rings. The fraction of sp³-hybridized carbons (Fsp3) is 0.250. The number of thiazole rings is 1. The second kappa shape index (κ2) is 5.63. The van der Waals surface area contributed by atoms with E-state index in [9.17, 15) is 0 Å². The number of ether oxygens (including phenoxy) is 1. The molecule has 2 rings (SSSR count). The van der Waals surface area contributed by atoms with Crippen molar-refractivity contribution in [2.45, 2.75) is 13.1 Å². The van der Waals surface area contributed by atoms with Crippen LogP contribution in [0.2, 0.25) is 0 Å². The minimum Gasteiger partial charge on any atom is -0.497 e. The standard InChI is InChI=1S/C12H14N2OS/c1-15-11-4-2-3-10(7-11)8-13-9-12-14-5-6-16-12/h2-7,13H,8-9H2,1H3. The van der Waals surface area contributed by atoms with Crippen LogP contribution in [0.5, 0.6) is 5.75 Å². The lowest BCUT2D eigenvalue weighted by atomic mass is 10.2. The maximum atomic E-state index is 5.17. The fourth-order valence-electron chi connectivity index (χ4n) is 1.44. The maximum Gasteiger partial charge on any atom is 0.119 e. The predicted octanol–water partition coefficient (Wildman–Crippen LogP) is 2.44. The van der Waals surface area contributed by atoms with Crippen molar-refractivity contribution in [3.8, 4) is 5.75 Å². The van der Waals surface area contributed by atoms with Crippen molar-refractivity contribution in [2.75, 3.05) is 7.11 Å². The minimum absolute atomic E-state index is 0.814. The fourth-order valence-corrected chi connectivity index (χ4v) is 2.02. The van der Waals surface area contributed by atoms with Gasteiger partial charge in [-0.05, 0) is 17.7 Å². The Hall–Kier alpha value is -1.39. The van der Waals surface area contributed by atoms with Gasteiger partial charge in [-0.15, -0.1) is 11.3 Å². The lowest BCUT2D eigenvalue weighted by molar-refractivity contribution is 0.414. The van der Waals surface area contributed by atoms with Crippen LogP contribution in [0, 0.1) is 0 Å². The smallest absolute Gasteiger partial charge is 0.119 e. The van der Waals surface area contributed by atoms with E-state index in [1.165, 1.54) is 5.56 Å². The molecule has 16 heavy (non-hydrogen) atoms. The quantitative estimate of drug-likeness (QED) is 0.862. The largest absolute Gasteiger partial charge is 0.497 e. The van der Waals surface area contributed by atoms with Gasteiger partial charge in [0.25, 0.3) is 0 Å². The molecule has 0 fully saturated rings. The van der Waals surface area contributed by atoms with Gasteiger partial charge in [-0.25, -0.2) is 4.98 Å². The SMILES string of the molecule is COc1cccc(CNCc2nccs2)c1. The Kier molecular flexibility index (Phi) is 3.91. The molecule has 1 aromatic carbocycles. The lowest BCUT2D eigenvalue weighted by Gasteiger charge is -2.05. The zero-order chi connectivity index (χ0) is 11.2. The molecule has 3 nitrogen and oxygen atoms in total. The van der Waals surface area contributed by atoms with Crippen molar-refractivity contribution in [3.63, 3.8) is 0 Å². The second-order valence-electron chi connectivity index (χ2n) is 3.38. The normalized spacial score (nSPS) is 10.3. The first-order valence-corrected chi connectivity index (χ1v) is 5.98. The Morgan fingerprint density at radius 3 is 3.06 bits per heavy atom. The highest BCUT2D eigenvalue weighted by Crippen LogP contribution is 2.12. The number of methoxy groups -OCH3 is 1. The maximum absolute atomic E-state index is 5.17. The third kappa shape index (κ3) is 3.05. The summed E-state index contributed by atoms with van der Waals surface area (Å²) in [4.78, 5) is 4.21. The van der Waals surface area contributed by atoms with E-state index in [0.29, 0.717) is 0 Å². The van der Waals surface area contributed by atoms with Crippen molar-refractivity contribution in [1.82, 2.24) is 10.3 Å². The molecular weight excluding hydrogens is 220 g/mol. The number of nitrogens with one attached hydrogen (secondary N) is 1. The number of hydrogen-bond donors (Lipinski definition) is 1. The van der Waals surface area contributed by atoms with Gasteiger partial charge in [0, 0.05) is 24.7 Å². The summed E-state index contributed by atoms with van der Waals surface area (Å²) >= 11 is 1.67. The molecule has 0 bridgehead atoms. The molecule has 4 heteroatoms. The molecule has 0 spiro atoms. The molecule has 0 radical (unpaired) electrons. The highest BCUT2D eigenvalue weighted by molar-refractivity contribution is 7.09. The third-order valence-electron chi connectivity index (χ3n) is 2.22. The van der Waals surface area contributed by atoms with E-state index in [-0.39, 0.29) is 0 Å². The molecule has 0 aliphatic rings. The Bertz CT molecular complexity index is 428. The van der Waals surface area contributed by atoms with Gasteiger partial charge in [0.2, 0.25) is 0 Å². The molecule has 1 N–H and O–H groups in total. The molecule has 0 saturated heterocycles. The summed E-state index contributed by atoms with van der Waals surface area (Å²) in [5, 5.41) is 6.45. The molecule has 0 saturated carbocycles. The zero-order valence-corrected chi connectivity index (χ0v) is 9.96. The monoisotopic (exact) mass is 234 g/mol. The topological polar surface area (TPSA) is 34.1 Å². The van der Waals surface area contributed by atoms with Crippen LogP contribution in [0.4, 0.5) is 0 Å². The van der Waals surface area contributed by atoms with E-state index < -0.39 is 0 Å². The first-order valence-electron chi connectivity index (χ1n) is 5.10. The first kappa shape index (κ1) is 11.1. The van der Waals surface area contributed by atoms with Gasteiger partial charge < -0.3 is 10.1 Å². The van der Waals surface area contributed by atoms with Gasteiger partial charge in [0.15, 0.2) is 0 Å². The highest BCUT2D eigenvalue weighted by Gasteiger charge is 1.97. The predicted molar refractivity (Wildman–Crippen MR) is 65.7 cm³/mol. The second-order valence-corrected chi connectivity index (χ2v) is 4.36. The number of rotatable bonds is 5. The van der Waals surface area contributed by atoms with Gasteiger partial charge in [-0.1, -0.05) is 12.1 Å². The van der Waals surface area contributed by atoms with Crippen LogP contribution in [0.25, 0.3) is 0 Å². The van der Waals surface area contributed by atoms with Crippen LogP contribution < -0.4 is 10.1 Å². The molecule has 84 valence electrons. The van der Waals surface area contributed by atoms with E-state index in [0.717, 1.165) is 23.8 Å². The van der Waals surface area contributed by atoms with E-state index in [2.05, 4.69) is 16.4 Å². The van der Waals surface area contributed by atoms with Gasteiger partial charge in [-0.2, -0.15) is 0 Å². The van der Waals surface area contributed by atoms with Crippen LogP contribution in [-0.4, -0.2) is 12.1 Å². The molecule has 1 heterocycles. The average Bonchev–Trinajstić information content (AvgIpc) is 2.82. The average molecular weight is 234 g/mol. The van der Waals surface area contributed by atoms with Crippen LogP contribution in [0.3, 0.4) is 0 Å². The van der Waals surface area contributed by atoms with E-state index in [1.807, 2.05) is 29.8 Å². The summed E-state index contributed by atoms with van der Waals surface area (Å²) in [6.45, 7) is 1.64. The number of hydrogen-bond acceptors (Lipinski definition) is 4. The van der Waals surface area contributed by atoms with Crippen molar-refractivity contribution in [2.24, 2.45) is 0 Å². The van der Waals surface area contributed by atoms with Crippen molar-refractivity contribution in [1.29, 1.82) is 0 Å². The lowest BCUT2D eigenvalue weighted by Crippen LogP contribution is -2.12. The molecular formula is C12H14N2OS. The van der Waals surface area contributed by atoms with Gasteiger partial charge in [-0.3, -0.25) is 0 Å². The summed E-state index contributed by atoms with van der Waals surface area (Å²) in [5.74, 6) is 0.897. The van der Waals surface area contributed by atoms with Crippen molar-refractivity contribution >= 4 is 11.3 Å². The third-order valence-corrected chi connectivity index (χ3v) is 3.00. The molecule has 0 aliphatic heterocycles. The number of aromatic nitrogens is 1. The van der Waals surface area contributed by atoms with Crippen molar-refractivity contribution < 1.29 is 4.74 Å². The van der Waals surface area contributed by atoms with E-state index in [1.54, 1.807) is 18.4 Å². The number of benzene rings is 1. The summed E-state index contributed by atoms with van der Waals surface area (Å²) in [6.07, 6.45) is 1.83. The van der Waals surface area contributed by atoms with Gasteiger partial charge in [0.1, 0.15) is 10.8 Å². The Labute approximate surface area is 99.1 Å². The van der Waals surface area contributed by atoms with E-state index >= 15 is 0 Å². The Balaban J connectivity index is 1.85. The summed E-state index contributed by atoms with van der Waals surface area (Å²) in [7, 11) is 1.68. The molecule has 0 aliphatic carbocycles. The molecule has 0 unspecified atom stereocenters. The van der Waals surface area contributed by atoms with Gasteiger partial charge >= 0.3 is 0 Å². The van der Waals surface area contributed by atoms with Crippen LogP contribution in [0.15, 0.2) is 35.8 Å². The van der Waals surface area contributed by atoms with E-state index in [4.69, 9.17) is 4.74 Å². The summed E-state index contributed by atoms with van der Waals surface area (Å²) in [6, 6.07) is 8.07. The molecule has 0 atom stereocenters. The van der Waals surface area contributed by atoms with Crippen LogP contribution >= 0.6 is 11.3 Å². The Morgan fingerprint density at radius 2 is 2.31 bits per heavy atom. The van der Waals surface area contributed by atoms with Gasteiger partial charge in [0.05, 0.1) is 7.11 Å².